The molecule has 1 aromatic heterocycles. The van der Waals surface area contributed by atoms with E-state index in [0.29, 0.717) is 44.1 Å². The summed E-state index contributed by atoms with van der Waals surface area (Å²) in [6.45, 7) is 7.39. The number of morpholine rings is 1. The molecule has 1 saturated heterocycles. The van der Waals surface area contributed by atoms with E-state index in [2.05, 4.69) is 19.2 Å². The third-order valence-corrected chi connectivity index (χ3v) is 11.6. The highest BCUT2D eigenvalue weighted by molar-refractivity contribution is 5.74. The molecule has 36 heavy (non-hydrogen) atoms. The lowest BCUT2D eigenvalue weighted by Gasteiger charge is -2.63. The van der Waals surface area contributed by atoms with Crippen LogP contribution in [0.5, 0.6) is 0 Å². The number of nitrogens with one attached hydrogen (secondary N) is 1. The van der Waals surface area contributed by atoms with Crippen LogP contribution >= 0.6 is 0 Å². The third-order valence-electron chi connectivity index (χ3n) is 11.6. The Morgan fingerprint density at radius 2 is 1.83 bits per heavy atom. The number of urea groups is 1. The minimum Gasteiger partial charge on any atom is -0.431 e. The second kappa shape index (κ2) is 8.87. The molecule has 5 aliphatic rings. The summed E-state index contributed by atoms with van der Waals surface area (Å²) in [5, 5.41) is 15.7. The minimum absolute atomic E-state index is 0.0667. The summed E-state index contributed by atoms with van der Waals surface area (Å²) in [4.78, 5) is 26.2. The molecular weight excluding hydrogens is 456 g/mol. The smallest absolute Gasteiger partial charge is 0.335 e. The van der Waals surface area contributed by atoms with Crippen molar-refractivity contribution in [3.05, 3.63) is 34.4 Å². The van der Waals surface area contributed by atoms with Crippen molar-refractivity contribution in [2.75, 3.05) is 26.3 Å². The van der Waals surface area contributed by atoms with E-state index in [1.165, 1.54) is 6.07 Å². The Morgan fingerprint density at radius 3 is 2.58 bits per heavy atom. The number of carbonyl (C=O) groups excluding carboxylic acids is 1. The number of hydrogen-bond acceptors (Lipinski definition) is 5. The predicted octanol–water partition coefficient (Wildman–Crippen LogP) is 4.29. The highest BCUT2D eigenvalue weighted by Gasteiger charge is 2.67. The molecule has 7 heteroatoms. The number of hydrogen-bond donors (Lipinski definition) is 2. The van der Waals surface area contributed by atoms with Crippen LogP contribution in [0, 0.1) is 28.6 Å². The van der Waals surface area contributed by atoms with Gasteiger partial charge in [-0.15, -0.1) is 0 Å². The van der Waals surface area contributed by atoms with Crippen LogP contribution in [0.2, 0.25) is 0 Å². The molecule has 0 unspecified atom stereocenters. The highest BCUT2D eigenvalue weighted by atomic mass is 16.5. The maximum absolute atomic E-state index is 12.8. The largest absolute Gasteiger partial charge is 0.431 e. The van der Waals surface area contributed by atoms with Gasteiger partial charge in [0, 0.05) is 30.6 Å². The predicted molar refractivity (Wildman–Crippen MR) is 136 cm³/mol. The molecule has 4 aliphatic carbocycles. The van der Waals surface area contributed by atoms with Crippen LogP contribution < -0.4 is 10.9 Å². The van der Waals surface area contributed by atoms with E-state index in [0.717, 1.165) is 63.4 Å². The molecule has 0 spiro atoms. The van der Waals surface area contributed by atoms with E-state index < -0.39 is 5.60 Å². The molecule has 6 rings (SSSR count). The van der Waals surface area contributed by atoms with Gasteiger partial charge in [0.15, 0.2) is 0 Å². The van der Waals surface area contributed by atoms with Gasteiger partial charge in [-0.3, -0.25) is 0 Å². The van der Waals surface area contributed by atoms with E-state index >= 15 is 0 Å². The molecule has 0 aromatic carbocycles. The Kier molecular flexibility index (Phi) is 6.03. The summed E-state index contributed by atoms with van der Waals surface area (Å²) in [7, 11) is 0. The fraction of sp³-hybridized carbons (Fsp3) is 0.793. The third kappa shape index (κ3) is 3.67. The monoisotopic (exact) mass is 498 g/mol. The molecule has 8 atom stereocenters. The molecule has 4 saturated carbocycles. The average molecular weight is 499 g/mol. The number of amides is 2. The number of carbonyl (C=O) groups is 1. The van der Waals surface area contributed by atoms with Gasteiger partial charge in [-0.1, -0.05) is 13.8 Å². The second-order valence-electron chi connectivity index (χ2n) is 12.9. The van der Waals surface area contributed by atoms with Crippen LogP contribution in [0.15, 0.2) is 27.6 Å². The Hall–Kier alpha value is -1.86. The summed E-state index contributed by atoms with van der Waals surface area (Å²) in [5.41, 5.74) is 0.0941. The summed E-state index contributed by atoms with van der Waals surface area (Å²) < 4.78 is 10.6. The molecular formula is C29H42N2O5. The molecule has 0 radical (unpaired) electrons. The molecule has 1 aliphatic heterocycles. The van der Waals surface area contributed by atoms with Crippen molar-refractivity contribution in [2.45, 2.75) is 89.2 Å². The lowest BCUT2D eigenvalue weighted by molar-refractivity contribution is -0.201. The standard InChI is InChI=1S/C29H42N2O5/c1-27-10-7-21(30-26(33)31-13-15-35-16-14-31)17-20(27)4-5-24-23(27)8-11-28(2)22(9-12-29(24,28)34)19-3-6-25(32)36-18-19/h3,6,18,20-24,34H,4-5,7-17H2,1-2H3,(H,30,33)/t20-,21+,22-,23+,24-,27+,28-,29+/m1/s1. The lowest BCUT2D eigenvalue weighted by atomic mass is 9.43. The van der Waals surface area contributed by atoms with Gasteiger partial charge in [-0.05, 0) is 98.5 Å². The second-order valence-corrected chi connectivity index (χ2v) is 12.9. The highest BCUT2D eigenvalue weighted by Crippen LogP contribution is 2.70. The van der Waals surface area contributed by atoms with E-state index in [-0.39, 0.29) is 34.4 Å². The van der Waals surface area contributed by atoms with Crippen molar-refractivity contribution in [2.24, 2.45) is 28.6 Å². The van der Waals surface area contributed by atoms with Crippen molar-refractivity contribution in [1.29, 1.82) is 0 Å². The summed E-state index contributed by atoms with van der Waals surface area (Å²) in [6.07, 6.45) is 10.9. The summed E-state index contributed by atoms with van der Waals surface area (Å²) >= 11 is 0. The Morgan fingerprint density at radius 1 is 1.03 bits per heavy atom. The fourth-order valence-corrected chi connectivity index (χ4v) is 9.49. The van der Waals surface area contributed by atoms with Crippen LogP contribution in [-0.2, 0) is 4.74 Å². The van der Waals surface area contributed by atoms with Crippen molar-refractivity contribution < 1.29 is 19.1 Å². The first-order valence-electron chi connectivity index (χ1n) is 14.2. The first kappa shape index (κ1) is 24.5. The van der Waals surface area contributed by atoms with Gasteiger partial charge in [0.1, 0.15) is 0 Å². The van der Waals surface area contributed by atoms with Crippen LogP contribution in [0.25, 0.3) is 0 Å². The van der Waals surface area contributed by atoms with Gasteiger partial charge >= 0.3 is 11.7 Å². The van der Waals surface area contributed by atoms with Crippen molar-refractivity contribution in [3.8, 4) is 0 Å². The Balaban J connectivity index is 1.17. The Labute approximate surface area is 214 Å². The molecule has 198 valence electrons. The van der Waals surface area contributed by atoms with Crippen molar-refractivity contribution in [3.63, 3.8) is 0 Å². The van der Waals surface area contributed by atoms with E-state index in [9.17, 15) is 14.7 Å². The molecule has 2 N–H and O–H groups in total. The minimum atomic E-state index is -0.675. The van der Waals surface area contributed by atoms with Gasteiger partial charge in [0.2, 0.25) is 0 Å². The molecule has 1 aromatic rings. The summed E-state index contributed by atoms with van der Waals surface area (Å²) in [5.74, 6) is 1.66. The zero-order valence-corrected chi connectivity index (χ0v) is 21.8. The maximum atomic E-state index is 12.8. The molecule has 2 amide bonds. The molecule has 7 nitrogen and oxygen atoms in total. The number of fused-ring (bicyclic) bond motifs is 5. The van der Waals surface area contributed by atoms with E-state index in [4.69, 9.17) is 9.15 Å². The van der Waals surface area contributed by atoms with E-state index in [1.807, 2.05) is 11.0 Å². The normalized spacial score (nSPS) is 44.3. The van der Waals surface area contributed by atoms with Gasteiger partial charge in [-0.2, -0.15) is 0 Å². The molecule has 2 heterocycles. The van der Waals surface area contributed by atoms with Gasteiger partial charge in [0.05, 0.1) is 25.1 Å². The lowest BCUT2D eigenvalue weighted by Crippen LogP contribution is -2.62. The van der Waals surface area contributed by atoms with Crippen LogP contribution in [-0.4, -0.2) is 54.0 Å². The quantitative estimate of drug-likeness (QED) is 0.635. The van der Waals surface area contributed by atoms with Crippen LogP contribution in [0.4, 0.5) is 4.79 Å². The molecule has 5 fully saturated rings. The zero-order valence-electron chi connectivity index (χ0n) is 21.8. The van der Waals surface area contributed by atoms with Crippen molar-refractivity contribution >= 4 is 6.03 Å². The van der Waals surface area contributed by atoms with Crippen LogP contribution in [0.1, 0.15) is 83.1 Å². The van der Waals surface area contributed by atoms with Gasteiger partial charge < -0.3 is 24.5 Å². The average Bonchev–Trinajstić information content (AvgIpc) is 3.16. The Bertz CT molecular complexity index is 1030. The maximum Gasteiger partial charge on any atom is 0.335 e. The first-order chi connectivity index (χ1) is 17.2. The number of ether oxygens (including phenoxy) is 1. The SMILES string of the molecule is C[C@]12CC[C@H](NC(=O)N3CCOCC3)C[C@H]1CC[C@@H]1[C@@H]2CC[C@]2(C)[C@@H](c3ccc(=O)oc3)CC[C@]12O. The number of rotatable bonds is 2. The first-order valence-corrected chi connectivity index (χ1v) is 14.2. The van der Waals surface area contributed by atoms with Crippen LogP contribution in [0.3, 0.4) is 0 Å². The fourth-order valence-electron chi connectivity index (χ4n) is 9.49. The van der Waals surface area contributed by atoms with Gasteiger partial charge in [-0.25, -0.2) is 9.59 Å². The zero-order chi connectivity index (χ0) is 25.1. The van der Waals surface area contributed by atoms with E-state index in [1.54, 1.807) is 6.26 Å². The summed E-state index contributed by atoms with van der Waals surface area (Å²) in [6, 6.07) is 3.74. The number of nitrogens with zero attached hydrogens (tertiary/aromatic N) is 1. The number of aliphatic hydroxyl groups is 1. The van der Waals surface area contributed by atoms with Crippen molar-refractivity contribution in [1.82, 2.24) is 10.2 Å². The molecule has 0 bridgehead atoms. The van der Waals surface area contributed by atoms with Gasteiger partial charge in [0.25, 0.3) is 0 Å². The topological polar surface area (TPSA) is 92.0 Å².